The van der Waals surface area contributed by atoms with Crippen LogP contribution < -0.4 is 9.84 Å². The molecule has 3 rings (SSSR count). The lowest BCUT2D eigenvalue weighted by atomic mass is 10.2. The number of nitrogens with zero attached hydrogens (tertiary/aromatic N) is 1. The van der Waals surface area contributed by atoms with Crippen molar-refractivity contribution >= 4 is 28.6 Å². The van der Waals surface area contributed by atoms with E-state index in [9.17, 15) is 9.90 Å². The fourth-order valence-corrected chi connectivity index (χ4v) is 3.80. The van der Waals surface area contributed by atoms with E-state index in [1.165, 1.54) is 11.3 Å². The van der Waals surface area contributed by atoms with Gasteiger partial charge in [-0.1, -0.05) is 0 Å². The van der Waals surface area contributed by atoms with Gasteiger partial charge in [-0.05, 0) is 35.7 Å². The summed E-state index contributed by atoms with van der Waals surface area (Å²) in [4.78, 5) is 16.3. The van der Waals surface area contributed by atoms with E-state index in [4.69, 9.17) is 4.74 Å². The van der Waals surface area contributed by atoms with Crippen LogP contribution in [0.2, 0.25) is 0 Å². The average Bonchev–Trinajstić information content (AvgIpc) is 3.16. The summed E-state index contributed by atoms with van der Waals surface area (Å²) in [6.45, 7) is 0. The number of aromatic nitrogens is 1. The Labute approximate surface area is 135 Å². The number of thiazole rings is 1. The third-order valence-electron chi connectivity index (χ3n) is 3.13. The molecule has 0 aliphatic carbocycles. The monoisotopic (exact) mass is 330 g/mol. The maximum absolute atomic E-state index is 11.0. The smallest absolute Gasteiger partial charge is 0.124 e. The van der Waals surface area contributed by atoms with Gasteiger partial charge in [-0.25, -0.2) is 4.98 Å². The van der Waals surface area contributed by atoms with Gasteiger partial charge in [0.05, 0.1) is 12.8 Å². The van der Waals surface area contributed by atoms with Crippen LogP contribution in [-0.2, 0) is 11.2 Å². The van der Waals surface area contributed by atoms with Crippen molar-refractivity contribution in [1.29, 1.82) is 0 Å². The van der Waals surface area contributed by atoms with Crippen molar-refractivity contribution in [2.75, 3.05) is 7.11 Å². The van der Waals surface area contributed by atoms with Gasteiger partial charge in [0.15, 0.2) is 0 Å². The number of hydrogen-bond acceptors (Lipinski definition) is 6. The number of thiophene rings is 1. The van der Waals surface area contributed by atoms with Crippen LogP contribution in [0.4, 0.5) is 0 Å². The SMILES string of the molecule is COc1ccc(-c2nc(-c3ccsc3)c(CC(=O)[O-])s2)cc1. The molecule has 0 saturated carbocycles. The van der Waals surface area contributed by atoms with E-state index in [1.807, 2.05) is 41.1 Å². The molecule has 4 nitrogen and oxygen atoms in total. The number of carboxylic acid groups (broad SMARTS) is 1. The molecule has 0 unspecified atom stereocenters. The summed E-state index contributed by atoms with van der Waals surface area (Å²) < 4.78 is 5.14. The Kier molecular flexibility index (Phi) is 4.22. The first-order chi connectivity index (χ1) is 10.7. The molecule has 112 valence electrons. The number of carbonyl (C=O) groups excluding carboxylic acids is 1. The van der Waals surface area contributed by atoms with Crippen LogP contribution in [0.5, 0.6) is 5.75 Å². The van der Waals surface area contributed by atoms with Gasteiger partial charge in [0.1, 0.15) is 10.8 Å². The largest absolute Gasteiger partial charge is 0.550 e. The Hall–Kier alpha value is -2.18. The Morgan fingerprint density at radius 2 is 2.00 bits per heavy atom. The summed E-state index contributed by atoms with van der Waals surface area (Å²) in [7, 11) is 1.62. The van der Waals surface area contributed by atoms with Crippen LogP contribution in [0.1, 0.15) is 4.88 Å². The number of rotatable bonds is 5. The van der Waals surface area contributed by atoms with E-state index in [0.29, 0.717) is 4.88 Å². The first kappa shape index (κ1) is 14.7. The molecular formula is C16H12NO3S2-. The first-order valence-corrected chi connectivity index (χ1v) is 8.30. The summed E-state index contributed by atoms with van der Waals surface area (Å²) in [6.07, 6.45) is -0.126. The topological polar surface area (TPSA) is 62.2 Å². The lowest BCUT2D eigenvalue weighted by Gasteiger charge is -2.00. The van der Waals surface area contributed by atoms with E-state index in [-0.39, 0.29) is 6.42 Å². The van der Waals surface area contributed by atoms with Crippen LogP contribution in [0.3, 0.4) is 0 Å². The van der Waals surface area contributed by atoms with Crippen LogP contribution in [0, 0.1) is 0 Å². The minimum absolute atomic E-state index is 0.126. The Morgan fingerprint density at radius 1 is 1.23 bits per heavy atom. The molecule has 0 aliphatic rings. The predicted molar refractivity (Wildman–Crippen MR) is 86.1 cm³/mol. The van der Waals surface area contributed by atoms with Crippen LogP contribution in [-0.4, -0.2) is 18.1 Å². The van der Waals surface area contributed by atoms with Crippen molar-refractivity contribution < 1.29 is 14.6 Å². The normalized spacial score (nSPS) is 10.6. The van der Waals surface area contributed by atoms with Crippen molar-refractivity contribution in [2.45, 2.75) is 6.42 Å². The van der Waals surface area contributed by atoms with Gasteiger partial charge in [0.2, 0.25) is 0 Å². The molecule has 2 heterocycles. The molecule has 6 heteroatoms. The molecule has 22 heavy (non-hydrogen) atoms. The van der Waals surface area contributed by atoms with Gasteiger partial charge >= 0.3 is 0 Å². The maximum Gasteiger partial charge on any atom is 0.124 e. The minimum Gasteiger partial charge on any atom is -0.550 e. The molecular weight excluding hydrogens is 318 g/mol. The zero-order valence-electron chi connectivity index (χ0n) is 11.7. The zero-order valence-corrected chi connectivity index (χ0v) is 13.4. The highest BCUT2D eigenvalue weighted by Crippen LogP contribution is 2.35. The standard InChI is InChI=1S/C16H13NO3S2/c1-20-12-4-2-10(3-5-12)16-17-15(11-6-7-21-9-11)13(22-16)8-14(18)19/h2-7,9H,8H2,1H3,(H,18,19)/p-1. The number of ether oxygens (including phenoxy) is 1. The minimum atomic E-state index is -1.10. The highest BCUT2D eigenvalue weighted by Gasteiger charge is 2.15. The van der Waals surface area contributed by atoms with Crippen LogP contribution in [0.25, 0.3) is 21.8 Å². The lowest BCUT2D eigenvalue weighted by Crippen LogP contribution is -2.24. The second kappa shape index (κ2) is 6.29. The van der Waals surface area contributed by atoms with Crippen molar-refractivity contribution in [3.05, 3.63) is 46.0 Å². The zero-order chi connectivity index (χ0) is 15.5. The molecule has 0 spiro atoms. The summed E-state index contributed by atoms with van der Waals surface area (Å²) in [5.74, 6) is -0.324. The maximum atomic E-state index is 11.0. The van der Waals surface area contributed by atoms with Crippen molar-refractivity contribution in [3.63, 3.8) is 0 Å². The molecule has 0 atom stereocenters. The number of methoxy groups -OCH3 is 1. The molecule has 0 saturated heterocycles. The molecule has 3 aromatic rings. The van der Waals surface area contributed by atoms with Gasteiger partial charge in [0, 0.05) is 33.8 Å². The number of aliphatic carboxylic acids is 1. The molecule has 1 aromatic carbocycles. The number of carboxylic acids is 1. The average molecular weight is 330 g/mol. The van der Waals surface area contributed by atoms with Crippen molar-refractivity contribution in [1.82, 2.24) is 4.98 Å². The van der Waals surface area contributed by atoms with E-state index in [2.05, 4.69) is 4.98 Å². The Bertz CT molecular complexity index is 776. The molecule has 0 aliphatic heterocycles. The lowest BCUT2D eigenvalue weighted by molar-refractivity contribution is -0.304. The molecule has 0 bridgehead atoms. The molecule has 0 N–H and O–H groups in total. The highest BCUT2D eigenvalue weighted by molar-refractivity contribution is 7.15. The fourth-order valence-electron chi connectivity index (χ4n) is 2.08. The summed E-state index contributed by atoms with van der Waals surface area (Å²) in [5.41, 5.74) is 2.60. The predicted octanol–water partition coefficient (Wildman–Crippen LogP) is 2.84. The van der Waals surface area contributed by atoms with Gasteiger partial charge < -0.3 is 14.6 Å². The van der Waals surface area contributed by atoms with Gasteiger partial charge in [0.25, 0.3) is 0 Å². The quantitative estimate of drug-likeness (QED) is 0.722. The Morgan fingerprint density at radius 3 is 2.59 bits per heavy atom. The number of carbonyl (C=O) groups is 1. The highest BCUT2D eigenvalue weighted by atomic mass is 32.1. The van der Waals surface area contributed by atoms with Gasteiger partial charge in [-0.3, -0.25) is 0 Å². The van der Waals surface area contributed by atoms with Gasteiger partial charge in [-0.2, -0.15) is 11.3 Å². The summed E-state index contributed by atoms with van der Waals surface area (Å²) >= 11 is 2.94. The Balaban J connectivity index is 2.03. The van der Waals surface area contributed by atoms with E-state index in [1.54, 1.807) is 18.4 Å². The van der Waals surface area contributed by atoms with E-state index < -0.39 is 5.97 Å². The molecule has 0 radical (unpaired) electrons. The van der Waals surface area contributed by atoms with Crippen LogP contribution in [0.15, 0.2) is 41.1 Å². The van der Waals surface area contributed by atoms with E-state index in [0.717, 1.165) is 27.6 Å². The van der Waals surface area contributed by atoms with Gasteiger partial charge in [-0.15, -0.1) is 11.3 Å². The summed E-state index contributed by atoms with van der Waals surface area (Å²) in [5, 5.41) is 15.7. The van der Waals surface area contributed by atoms with Crippen molar-refractivity contribution in [2.24, 2.45) is 0 Å². The van der Waals surface area contributed by atoms with Crippen molar-refractivity contribution in [3.8, 4) is 27.6 Å². The second-order valence-corrected chi connectivity index (χ2v) is 6.44. The summed E-state index contributed by atoms with van der Waals surface area (Å²) in [6, 6.07) is 9.49. The molecule has 0 amide bonds. The van der Waals surface area contributed by atoms with E-state index >= 15 is 0 Å². The second-order valence-electron chi connectivity index (χ2n) is 4.58. The number of hydrogen-bond donors (Lipinski definition) is 0. The third kappa shape index (κ3) is 3.03. The first-order valence-electron chi connectivity index (χ1n) is 6.54. The third-order valence-corrected chi connectivity index (χ3v) is 4.92. The molecule has 0 fully saturated rings. The fraction of sp³-hybridized carbons (Fsp3) is 0.125. The van der Waals surface area contributed by atoms with Crippen LogP contribution >= 0.6 is 22.7 Å². The molecule has 2 aromatic heterocycles. The number of benzene rings is 1.